The molecule has 0 aromatic heterocycles. The summed E-state index contributed by atoms with van der Waals surface area (Å²) in [4.78, 5) is 4.17. The van der Waals surface area contributed by atoms with Gasteiger partial charge in [-0.2, -0.15) is 0 Å². The average molecular weight is 218 g/mol. The van der Waals surface area contributed by atoms with Crippen LogP contribution < -0.4 is 16.6 Å². The summed E-state index contributed by atoms with van der Waals surface area (Å²) < 4.78 is 10.1. The Morgan fingerprint density at radius 3 is 2.80 bits per heavy atom. The molecule has 0 heterocycles. The highest BCUT2D eigenvalue weighted by Gasteiger charge is 2.03. The molecule has 0 aliphatic heterocycles. The van der Waals surface area contributed by atoms with Gasteiger partial charge in [0.2, 0.25) is 5.96 Å². The van der Waals surface area contributed by atoms with E-state index in [9.17, 15) is 0 Å². The number of guanidine groups is 1. The fourth-order valence-corrected chi connectivity index (χ4v) is 0.951. The van der Waals surface area contributed by atoms with Crippen molar-refractivity contribution in [3.8, 4) is 0 Å². The maximum atomic E-state index is 5.31. The monoisotopic (exact) mass is 218 g/mol. The lowest BCUT2D eigenvalue weighted by atomic mass is 10.4. The zero-order chi connectivity index (χ0) is 11.5. The molecule has 0 amide bonds. The van der Waals surface area contributed by atoms with E-state index in [4.69, 9.17) is 15.3 Å². The summed E-state index contributed by atoms with van der Waals surface area (Å²) in [6.07, 6.45) is 0. The smallest absolute Gasteiger partial charge is 0.206 e. The third-order valence-corrected chi connectivity index (χ3v) is 1.66. The number of hydrazine groups is 1. The second-order valence-electron chi connectivity index (χ2n) is 3.07. The molecule has 0 fully saturated rings. The van der Waals surface area contributed by atoms with Crippen molar-refractivity contribution < 1.29 is 9.47 Å². The average Bonchev–Trinajstić information content (AvgIpc) is 2.25. The highest BCUT2D eigenvalue weighted by atomic mass is 16.5. The summed E-state index contributed by atoms with van der Waals surface area (Å²) in [5, 5.41) is 3.09. The van der Waals surface area contributed by atoms with Crippen LogP contribution in [0.15, 0.2) is 4.99 Å². The molecule has 0 saturated heterocycles. The van der Waals surface area contributed by atoms with Crippen molar-refractivity contribution in [2.45, 2.75) is 19.9 Å². The van der Waals surface area contributed by atoms with Gasteiger partial charge in [0.05, 0.1) is 19.8 Å². The molecule has 6 nitrogen and oxygen atoms in total. The first-order valence-corrected chi connectivity index (χ1v) is 5.08. The molecule has 0 aromatic rings. The second kappa shape index (κ2) is 9.70. The minimum absolute atomic E-state index is 0.169. The van der Waals surface area contributed by atoms with E-state index in [2.05, 4.69) is 15.7 Å². The van der Waals surface area contributed by atoms with Gasteiger partial charge in [0, 0.05) is 19.8 Å². The number of ether oxygens (including phenoxy) is 2. The van der Waals surface area contributed by atoms with Crippen LogP contribution in [-0.2, 0) is 9.47 Å². The fraction of sp³-hybridized carbons (Fsp3) is 0.889. The maximum absolute atomic E-state index is 5.31. The van der Waals surface area contributed by atoms with E-state index in [-0.39, 0.29) is 6.04 Å². The van der Waals surface area contributed by atoms with Crippen LogP contribution in [0.4, 0.5) is 0 Å². The van der Waals surface area contributed by atoms with Gasteiger partial charge in [0.25, 0.3) is 0 Å². The van der Waals surface area contributed by atoms with Gasteiger partial charge in [-0.1, -0.05) is 0 Å². The Kier molecular flexibility index (Phi) is 9.15. The number of nitrogens with two attached hydrogens (primary N) is 1. The summed E-state index contributed by atoms with van der Waals surface area (Å²) in [6.45, 7) is 6.44. The predicted octanol–water partition coefficient (Wildman–Crippen LogP) is -0.533. The van der Waals surface area contributed by atoms with E-state index in [0.29, 0.717) is 32.3 Å². The Hall–Kier alpha value is -0.850. The molecule has 15 heavy (non-hydrogen) atoms. The van der Waals surface area contributed by atoms with Crippen LogP contribution in [0.25, 0.3) is 0 Å². The topological polar surface area (TPSA) is 80.9 Å². The summed E-state index contributed by atoms with van der Waals surface area (Å²) >= 11 is 0. The number of rotatable bonds is 7. The first-order chi connectivity index (χ1) is 7.24. The van der Waals surface area contributed by atoms with Gasteiger partial charge >= 0.3 is 0 Å². The summed E-state index contributed by atoms with van der Waals surface area (Å²) in [6, 6.07) is 0.169. The molecule has 4 N–H and O–H groups in total. The zero-order valence-corrected chi connectivity index (χ0v) is 9.75. The van der Waals surface area contributed by atoms with Crippen LogP contribution in [0.5, 0.6) is 0 Å². The number of methoxy groups -OCH3 is 1. The Bertz CT molecular complexity index is 175. The lowest BCUT2D eigenvalue weighted by Gasteiger charge is -2.16. The van der Waals surface area contributed by atoms with Crippen LogP contribution in [-0.4, -0.2) is 45.5 Å². The lowest BCUT2D eigenvalue weighted by molar-refractivity contribution is 0.132. The van der Waals surface area contributed by atoms with Gasteiger partial charge in [-0.15, -0.1) is 0 Å². The largest absolute Gasteiger partial charge is 0.383 e. The van der Waals surface area contributed by atoms with Gasteiger partial charge in [0.1, 0.15) is 0 Å². The van der Waals surface area contributed by atoms with Crippen molar-refractivity contribution in [3.63, 3.8) is 0 Å². The Morgan fingerprint density at radius 1 is 1.53 bits per heavy atom. The summed E-state index contributed by atoms with van der Waals surface area (Å²) in [7, 11) is 1.64. The molecule has 6 heteroatoms. The van der Waals surface area contributed by atoms with Crippen LogP contribution in [0.1, 0.15) is 13.8 Å². The fourth-order valence-electron chi connectivity index (χ4n) is 0.951. The lowest BCUT2D eigenvalue weighted by Crippen LogP contribution is -2.47. The molecule has 0 spiro atoms. The van der Waals surface area contributed by atoms with Crippen molar-refractivity contribution in [1.82, 2.24) is 10.7 Å². The molecule has 0 rings (SSSR count). The van der Waals surface area contributed by atoms with Gasteiger partial charge in [0.15, 0.2) is 0 Å². The third-order valence-electron chi connectivity index (χ3n) is 1.66. The molecule has 0 aromatic carbocycles. The molecule has 1 unspecified atom stereocenters. The molecule has 0 radical (unpaired) electrons. The Balaban J connectivity index is 3.80. The maximum Gasteiger partial charge on any atom is 0.206 e. The molecular weight excluding hydrogens is 196 g/mol. The first-order valence-electron chi connectivity index (χ1n) is 5.08. The molecule has 0 aliphatic carbocycles. The first kappa shape index (κ1) is 14.2. The van der Waals surface area contributed by atoms with E-state index in [1.54, 1.807) is 7.11 Å². The standard InChI is InChI=1S/C9H22N4O2/c1-4-15-7-8(2)12-9(13-10)11-5-6-14-3/h8H,4-7,10H2,1-3H3,(H2,11,12,13). The number of aliphatic imine (C=N–C) groups is 1. The summed E-state index contributed by atoms with van der Waals surface area (Å²) in [5.74, 6) is 5.86. The van der Waals surface area contributed by atoms with E-state index < -0.39 is 0 Å². The van der Waals surface area contributed by atoms with Crippen molar-refractivity contribution in [3.05, 3.63) is 0 Å². The van der Waals surface area contributed by atoms with Crippen molar-refractivity contribution in [2.24, 2.45) is 10.8 Å². The van der Waals surface area contributed by atoms with Crippen molar-refractivity contribution in [1.29, 1.82) is 0 Å². The number of hydrogen-bond acceptors (Lipinski definition) is 4. The van der Waals surface area contributed by atoms with Crippen LogP contribution in [0, 0.1) is 0 Å². The second-order valence-corrected chi connectivity index (χ2v) is 3.07. The SMILES string of the molecule is CCOCC(C)NC(=NCCOC)NN. The van der Waals surface area contributed by atoms with Gasteiger partial charge < -0.3 is 14.8 Å². The number of nitrogens with one attached hydrogen (secondary N) is 2. The van der Waals surface area contributed by atoms with E-state index >= 15 is 0 Å². The van der Waals surface area contributed by atoms with Crippen LogP contribution in [0.2, 0.25) is 0 Å². The summed E-state index contributed by atoms with van der Waals surface area (Å²) in [5.41, 5.74) is 2.50. The third kappa shape index (κ3) is 8.17. The molecular formula is C9H22N4O2. The van der Waals surface area contributed by atoms with Gasteiger partial charge in [-0.3, -0.25) is 5.43 Å². The van der Waals surface area contributed by atoms with Crippen LogP contribution >= 0.6 is 0 Å². The predicted molar refractivity (Wildman–Crippen MR) is 60.6 cm³/mol. The Morgan fingerprint density at radius 2 is 2.27 bits per heavy atom. The normalized spacial score (nSPS) is 13.7. The number of nitrogens with zero attached hydrogens (tertiary/aromatic N) is 1. The number of hydrogen-bond donors (Lipinski definition) is 3. The highest BCUT2D eigenvalue weighted by Crippen LogP contribution is 1.84. The Labute approximate surface area is 91.2 Å². The van der Waals surface area contributed by atoms with E-state index in [1.807, 2.05) is 13.8 Å². The molecule has 0 aliphatic rings. The minimum atomic E-state index is 0.169. The molecule has 0 bridgehead atoms. The molecule has 90 valence electrons. The minimum Gasteiger partial charge on any atom is -0.383 e. The molecule has 0 saturated carbocycles. The quantitative estimate of drug-likeness (QED) is 0.176. The zero-order valence-electron chi connectivity index (χ0n) is 9.75. The van der Waals surface area contributed by atoms with Crippen molar-refractivity contribution >= 4 is 5.96 Å². The van der Waals surface area contributed by atoms with Crippen molar-refractivity contribution in [2.75, 3.05) is 33.5 Å². The van der Waals surface area contributed by atoms with E-state index in [1.165, 1.54) is 0 Å². The highest BCUT2D eigenvalue weighted by molar-refractivity contribution is 5.79. The van der Waals surface area contributed by atoms with Gasteiger partial charge in [-0.05, 0) is 13.8 Å². The van der Waals surface area contributed by atoms with Crippen LogP contribution in [0.3, 0.4) is 0 Å². The van der Waals surface area contributed by atoms with E-state index in [0.717, 1.165) is 0 Å². The van der Waals surface area contributed by atoms with Gasteiger partial charge in [-0.25, -0.2) is 10.8 Å². The molecule has 1 atom stereocenters.